The van der Waals surface area contributed by atoms with Crippen LogP contribution in [0.4, 0.5) is 0 Å². The van der Waals surface area contributed by atoms with Crippen LogP contribution in [0.15, 0.2) is 54.1 Å². The van der Waals surface area contributed by atoms with E-state index in [1.54, 1.807) is 42.5 Å². The maximum absolute atomic E-state index is 12.8. The number of likely N-dealkylation sites (tertiary alicyclic amines) is 1. The third kappa shape index (κ3) is 3.44. The van der Waals surface area contributed by atoms with Gasteiger partial charge in [-0.05, 0) is 17.7 Å². The van der Waals surface area contributed by atoms with Gasteiger partial charge in [0.1, 0.15) is 5.76 Å². The van der Waals surface area contributed by atoms with Gasteiger partial charge in [-0.1, -0.05) is 36.4 Å². The number of aliphatic hydroxyl groups is 1. The lowest BCUT2D eigenvalue weighted by Crippen LogP contribution is -2.32. The summed E-state index contributed by atoms with van der Waals surface area (Å²) in [5.41, 5.74) is 0.950. The number of amides is 1. The number of hydrogen-bond donors (Lipinski definition) is 2. The van der Waals surface area contributed by atoms with Gasteiger partial charge in [0.2, 0.25) is 0 Å². The van der Waals surface area contributed by atoms with Crippen molar-refractivity contribution in [2.24, 2.45) is 0 Å². The number of carbonyl (C=O) groups excluding carboxylic acids is 2. The number of nitrogens with zero attached hydrogens (tertiary/aromatic N) is 1. The van der Waals surface area contributed by atoms with Gasteiger partial charge >= 0.3 is 0 Å². The molecule has 0 radical (unpaired) electrons. The van der Waals surface area contributed by atoms with Crippen molar-refractivity contribution in [3.8, 4) is 11.5 Å². The van der Waals surface area contributed by atoms with Gasteiger partial charge in [-0.2, -0.15) is 0 Å². The Balaban J connectivity index is 2.18. The zero-order valence-electron chi connectivity index (χ0n) is 15.6. The van der Waals surface area contributed by atoms with Crippen LogP contribution in [-0.2, 0) is 14.3 Å². The lowest BCUT2D eigenvalue weighted by molar-refractivity contribution is -0.140. The van der Waals surface area contributed by atoms with Gasteiger partial charge in [0.05, 0.1) is 25.3 Å². The standard InChI is InChI=1S/C21H21NO6/c1-27-11-10-22-18(14-8-9-15(23)16(12-14)28-2)17(20(25)21(22)26)19(24)13-6-4-3-5-7-13/h3-9,12,18,23-24H,10-11H2,1-2H3/t18-/m1/s1. The summed E-state index contributed by atoms with van der Waals surface area (Å²) in [5.74, 6) is -1.60. The number of benzene rings is 2. The fourth-order valence-electron chi connectivity index (χ4n) is 3.26. The van der Waals surface area contributed by atoms with E-state index >= 15 is 0 Å². The predicted molar refractivity (Wildman–Crippen MR) is 102 cm³/mol. The Morgan fingerprint density at radius 2 is 1.82 bits per heavy atom. The van der Waals surface area contributed by atoms with E-state index in [0.29, 0.717) is 11.1 Å². The third-order valence-corrected chi connectivity index (χ3v) is 4.64. The number of methoxy groups -OCH3 is 2. The first kappa shape index (κ1) is 19.4. The summed E-state index contributed by atoms with van der Waals surface area (Å²) in [6.07, 6.45) is 0. The fourth-order valence-corrected chi connectivity index (χ4v) is 3.26. The number of ether oxygens (including phenoxy) is 2. The van der Waals surface area contributed by atoms with E-state index in [-0.39, 0.29) is 36.0 Å². The molecule has 1 heterocycles. The molecule has 0 aromatic heterocycles. The Morgan fingerprint density at radius 3 is 2.46 bits per heavy atom. The van der Waals surface area contributed by atoms with Crippen LogP contribution in [0.3, 0.4) is 0 Å². The lowest BCUT2D eigenvalue weighted by Gasteiger charge is -2.25. The highest BCUT2D eigenvalue weighted by Crippen LogP contribution is 2.41. The summed E-state index contributed by atoms with van der Waals surface area (Å²) in [6.45, 7) is 0.393. The van der Waals surface area contributed by atoms with E-state index in [0.717, 1.165) is 0 Å². The van der Waals surface area contributed by atoms with E-state index in [4.69, 9.17) is 9.47 Å². The van der Waals surface area contributed by atoms with Gasteiger partial charge in [-0.25, -0.2) is 0 Å². The average molecular weight is 383 g/mol. The number of carbonyl (C=O) groups is 2. The maximum atomic E-state index is 12.8. The van der Waals surface area contributed by atoms with Gasteiger partial charge in [0.25, 0.3) is 11.7 Å². The van der Waals surface area contributed by atoms with Crippen LogP contribution in [0.25, 0.3) is 5.76 Å². The smallest absolute Gasteiger partial charge is 0.295 e. The maximum Gasteiger partial charge on any atom is 0.295 e. The number of aliphatic hydroxyl groups excluding tert-OH is 1. The van der Waals surface area contributed by atoms with Gasteiger partial charge in [0, 0.05) is 19.2 Å². The molecular weight excluding hydrogens is 362 g/mol. The molecule has 0 aliphatic carbocycles. The molecule has 7 nitrogen and oxygen atoms in total. The molecule has 2 N–H and O–H groups in total. The van der Waals surface area contributed by atoms with Gasteiger partial charge in [0.15, 0.2) is 11.5 Å². The van der Waals surface area contributed by atoms with Crippen LogP contribution in [0.2, 0.25) is 0 Å². The van der Waals surface area contributed by atoms with Crippen molar-refractivity contribution in [2.75, 3.05) is 27.4 Å². The molecule has 28 heavy (non-hydrogen) atoms. The molecule has 1 fully saturated rings. The minimum Gasteiger partial charge on any atom is -0.507 e. The first-order valence-electron chi connectivity index (χ1n) is 8.69. The SMILES string of the molecule is COCCN1C(=O)C(=O)C(=C(O)c2ccccc2)[C@H]1c1ccc(O)c(OC)c1. The minimum absolute atomic E-state index is 0.0138. The normalized spacial score (nSPS) is 18.5. The molecule has 1 amide bonds. The van der Waals surface area contributed by atoms with Gasteiger partial charge < -0.3 is 24.6 Å². The first-order chi connectivity index (χ1) is 13.5. The number of ketones is 1. The number of hydrogen-bond acceptors (Lipinski definition) is 6. The Kier molecular flexibility index (Phi) is 5.65. The highest BCUT2D eigenvalue weighted by molar-refractivity contribution is 6.46. The van der Waals surface area contributed by atoms with Crippen molar-refractivity contribution in [2.45, 2.75) is 6.04 Å². The molecule has 2 aromatic carbocycles. The second-order valence-corrected chi connectivity index (χ2v) is 6.28. The van der Waals surface area contributed by atoms with Gasteiger partial charge in [-0.3, -0.25) is 9.59 Å². The average Bonchev–Trinajstić information content (AvgIpc) is 2.97. The Bertz CT molecular complexity index is 922. The number of Topliss-reactive ketones (excluding diaryl/α,β-unsaturated/α-hetero) is 1. The van der Waals surface area contributed by atoms with Crippen molar-refractivity contribution in [3.63, 3.8) is 0 Å². The summed E-state index contributed by atoms with van der Waals surface area (Å²) in [5, 5.41) is 20.7. The summed E-state index contributed by atoms with van der Waals surface area (Å²) in [6, 6.07) is 12.3. The van der Waals surface area contributed by atoms with Crippen molar-refractivity contribution in [1.29, 1.82) is 0 Å². The lowest BCUT2D eigenvalue weighted by atomic mass is 9.95. The molecule has 1 atom stereocenters. The molecule has 0 unspecified atom stereocenters. The molecule has 0 saturated carbocycles. The molecule has 0 spiro atoms. The van der Waals surface area contributed by atoms with Crippen LogP contribution >= 0.6 is 0 Å². The van der Waals surface area contributed by atoms with Crippen LogP contribution in [0.1, 0.15) is 17.2 Å². The Morgan fingerprint density at radius 1 is 1.11 bits per heavy atom. The summed E-state index contributed by atoms with van der Waals surface area (Å²) in [4.78, 5) is 26.8. The number of phenols is 1. The predicted octanol–water partition coefficient (Wildman–Crippen LogP) is 2.47. The van der Waals surface area contributed by atoms with Gasteiger partial charge in [-0.15, -0.1) is 0 Å². The molecule has 7 heteroatoms. The summed E-state index contributed by atoms with van der Waals surface area (Å²) in [7, 11) is 2.91. The summed E-state index contributed by atoms with van der Waals surface area (Å²) < 4.78 is 10.2. The fraction of sp³-hybridized carbons (Fsp3) is 0.238. The van der Waals surface area contributed by atoms with E-state index < -0.39 is 17.7 Å². The van der Waals surface area contributed by atoms with Crippen LogP contribution in [-0.4, -0.2) is 54.2 Å². The van der Waals surface area contributed by atoms with Crippen molar-refractivity contribution in [1.82, 2.24) is 4.90 Å². The van der Waals surface area contributed by atoms with Crippen LogP contribution in [0, 0.1) is 0 Å². The van der Waals surface area contributed by atoms with Crippen molar-refractivity contribution in [3.05, 3.63) is 65.2 Å². The quantitative estimate of drug-likeness (QED) is 0.452. The second-order valence-electron chi connectivity index (χ2n) is 6.28. The zero-order chi connectivity index (χ0) is 20.3. The zero-order valence-corrected chi connectivity index (χ0v) is 15.6. The highest BCUT2D eigenvalue weighted by Gasteiger charge is 2.46. The topological polar surface area (TPSA) is 96.3 Å². The minimum atomic E-state index is -0.829. The van der Waals surface area contributed by atoms with E-state index in [1.807, 2.05) is 0 Å². The monoisotopic (exact) mass is 383 g/mol. The molecule has 1 aliphatic rings. The second kappa shape index (κ2) is 8.14. The molecule has 146 valence electrons. The number of aromatic hydroxyl groups is 1. The third-order valence-electron chi connectivity index (χ3n) is 4.64. The molecule has 3 rings (SSSR count). The molecule has 0 bridgehead atoms. The largest absolute Gasteiger partial charge is 0.507 e. The van der Waals surface area contributed by atoms with E-state index in [1.165, 1.54) is 25.2 Å². The molecule has 1 saturated heterocycles. The summed E-state index contributed by atoms with van der Waals surface area (Å²) >= 11 is 0. The van der Waals surface area contributed by atoms with Crippen LogP contribution < -0.4 is 4.74 Å². The van der Waals surface area contributed by atoms with E-state index in [9.17, 15) is 19.8 Å². The van der Waals surface area contributed by atoms with Crippen LogP contribution in [0.5, 0.6) is 11.5 Å². The number of phenolic OH excluding ortho intramolecular Hbond substituents is 1. The Hall–Kier alpha value is -3.32. The number of rotatable bonds is 6. The molecule has 2 aromatic rings. The van der Waals surface area contributed by atoms with E-state index in [2.05, 4.69) is 0 Å². The first-order valence-corrected chi connectivity index (χ1v) is 8.69. The molecule has 1 aliphatic heterocycles. The molecular formula is C21H21NO6. The highest BCUT2D eigenvalue weighted by atomic mass is 16.5. The Labute approximate surface area is 162 Å². The van der Waals surface area contributed by atoms with Crippen molar-refractivity contribution >= 4 is 17.4 Å². The van der Waals surface area contributed by atoms with Crippen molar-refractivity contribution < 1.29 is 29.3 Å².